The number of carbonyl (C=O) groups excluding carboxylic acids is 1. The Bertz CT molecular complexity index is 651. The summed E-state index contributed by atoms with van der Waals surface area (Å²) in [5, 5.41) is 2.92. The minimum Gasteiger partial charge on any atom is -0.339 e. The number of aldehydes is 1. The molecule has 2 rings (SSSR count). The normalized spacial score (nSPS) is 10.3. The summed E-state index contributed by atoms with van der Waals surface area (Å²) < 4.78 is 13.9. The van der Waals surface area contributed by atoms with Crippen molar-refractivity contribution in [2.45, 2.75) is 6.92 Å². The number of nitrogens with zero attached hydrogens (tertiary/aromatic N) is 2. The Balaban J connectivity index is 2.45. The first-order valence-electron chi connectivity index (χ1n) is 5.21. The Morgan fingerprint density at radius 3 is 2.84 bits per heavy atom. The first kappa shape index (κ1) is 13.9. The van der Waals surface area contributed by atoms with Crippen LogP contribution in [-0.2, 0) is 0 Å². The van der Waals surface area contributed by atoms with Crippen molar-refractivity contribution < 1.29 is 9.18 Å². The third kappa shape index (κ3) is 2.90. The quantitative estimate of drug-likeness (QED) is 0.678. The van der Waals surface area contributed by atoms with E-state index in [0.29, 0.717) is 16.4 Å². The molecule has 0 aliphatic carbocycles. The molecule has 19 heavy (non-hydrogen) atoms. The monoisotopic (exact) mass is 343 g/mol. The van der Waals surface area contributed by atoms with E-state index in [1.54, 1.807) is 13.0 Å². The van der Waals surface area contributed by atoms with Crippen molar-refractivity contribution in [3.8, 4) is 0 Å². The predicted molar refractivity (Wildman–Crippen MR) is 74.5 cm³/mol. The number of hydrogen-bond acceptors (Lipinski definition) is 4. The number of nitrogens with one attached hydrogen (secondary N) is 1. The average molecular weight is 345 g/mol. The summed E-state index contributed by atoms with van der Waals surface area (Å²) >= 11 is 8.89. The summed E-state index contributed by atoms with van der Waals surface area (Å²) in [5.41, 5.74) is 1.42. The molecule has 1 aromatic carbocycles. The molecule has 1 N–H and O–H groups in total. The summed E-state index contributed by atoms with van der Waals surface area (Å²) in [7, 11) is 0. The van der Waals surface area contributed by atoms with Crippen LogP contribution < -0.4 is 5.32 Å². The van der Waals surface area contributed by atoms with Gasteiger partial charge in [-0.3, -0.25) is 4.79 Å². The van der Waals surface area contributed by atoms with Crippen LogP contribution in [0, 0.1) is 12.7 Å². The second-order valence-corrected chi connectivity index (χ2v) is 4.96. The second kappa shape index (κ2) is 5.63. The number of benzene rings is 1. The van der Waals surface area contributed by atoms with Gasteiger partial charge in [0.15, 0.2) is 6.29 Å². The Hall–Kier alpha value is -1.53. The van der Waals surface area contributed by atoms with Gasteiger partial charge in [-0.05, 0) is 40.5 Å². The maximum atomic E-state index is 13.5. The van der Waals surface area contributed by atoms with Gasteiger partial charge in [0.05, 0.1) is 10.0 Å². The summed E-state index contributed by atoms with van der Waals surface area (Å²) in [6, 6.07) is 2.94. The molecule has 0 unspecified atom stereocenters. The fourth-order valence-corrected chi connectivity index (χ4v) is 2.12. The maximum Gasteiger partial charge on any atom is 0.156 e. The van der Waals surface area contributed by atoms with Gasteiger partial charge >= 0.3 is 0 Å². The molecule has 1 heterocycles. The van der Waals surface area contributed by atoms with Gasteiger partial charge in [-0.2, -0.15) is 0 Å². The van der Waals surface area contributed by atoms with E-state index < -0.39 is 5.82 Å². The third-order valence-electron chi connectivity index (χ3n) is 2.47. The van der Waals surface area contributed by atoms with Crippen LogP contribution in [0.15, 0.2) is 22.9 Å². The van der Waals surface area contributed by atoms with Crippen molar-refractivity contribution in [1.82, 2.24) is 9.97 Å². The van der Waals surface area contributed by atoms with Crippen LogP contribution in [-0.4, -0.2) is 16.3 Å². The highest BCUT2D eigenvalue weighted by atomic mass is 79.9. The van der Waals surface area contributed by atoms with E-state index in [2.05, 4.69) is 31.2 Å². The molecule has 4 nitrogen and oxygen atoms in total. The summed E-state index contributed by atoms with van der Waals surface area (Å²) in [4.78, 5) is 18.6. The van der Waals surface area contributed by atoms with E-state index in [0.717, 1.165) is 5.56 Å². The molecule has 0 aliphatic rings. The summed E-state index contributed by atoms with van der Waals surface area (Å²) in [6.45, 7) is 1.80. The van der Waals surface area contributed by atoms with Crippen molar-refractivity contribution in [3.63, 3.8) is 0 Å². The third-order valence-corrected chi connectivity index (χ3v) is 3.38. The standard InChI is InChI=1S/C12H8BrClFN3O/c1-6-2-8(13)9(15)3-10(6)18-12-7(4-19)11(14)16-5-17-12/h2-5H,1H3,(H,16,17,18). The van der Waals surface area contributed by atoms with Gasteiger partial charge in [0.25, 0.3) is 0 Å². The van der Waals surface area contributed by atoms with Crippen molar-refractivity contribution in [2.24, 2.45) is 0 Å². The SMILES string of the molecule is Cc1cc(Br)c(F)cc1Nc1ncnc(Cl)c1C=O. The molecule has 0 atom stereocenters. The number of carbonyl (C=O) groups is 1. The van der Waals surface area contributed by atoms with Gasteiger partial charge < -0.3 is 5.32 Å². The van der Waals surface area contributed by atoms with Crippen molar-refractivity contribution in [2.75, 3.05) is 5.32 Å². The molecule has 2 aromatic rings. The minimum absolute atomic E-state index is 0.0442. The number of halogens is 3. The molecule has 0 aliphatic heterocycles. The van der Waals surface area contributed by atoms with Gasteiger partial charge in [-0.25, -0.2) is 14.4 Å². The molecule has 0 saturated heterocycles. The van der Waals surface area contributed by atoms with Crippen LogP contribution in [0.25, 0.3) is 0 Å². The smallest absolute Gasteiger partial charge is 0.156 e. The Morgan fingerprint density at radius 2 is 2.16 bits per heavy atom. The fraction of sp³-hybridized carbons (Fsp3) is 0.0833. The van der Waals surface area contributed by atoms with E-state index in [4.69, 9.17) is 11.6 Å². The number of anilines is 2. The lowest BCUT2D eigenvalue weighted by Gasteiger charge is -2.11. The molecule has 0 amide bonds. The van der Waals surface area contributed by atoms with Crippen LogP contribution in [0.2, 0.25) is 5.15 Å². The molecule has 7 heteroatoms. The first-order valence-corrected chi connectivity index (χ1v) is 6.38. The zero-order valence-corrected chi connectivity index (χ0v) is 12.1. The highest BCUT2D eigenvalue weighted by molar-refractivity contribution is 9.10. The van der Waals surface area contributed by atoms with E-state index >= 15 is 0 Å². The van der Waals surface area contributed by atoms with Crippen LogP contribution in [0.3, 0.4) is 0 Å². The van der Waals surface area contributed by atoms with Crippen molar-refractivity contribution in [3.05, 3.63) is 45.0 Å². The highest BCUT2D eigenvalue weighted by Gasteiger charge is 2.11. The Morgan fingerprint density at radius 1 is 1.42 bits per heavy atom. The summed E-state index contributed by atoms with van der Waals surface area (Å²) in [5.74, 6) is -0.180. The molecule has 1 aromatic heterocycles. The topological polar surface area (TPSA) is 54.9 Å². The lowest BCUT2D eigenvalue weighted by Crippen LogP contribution is -2.02. The molecular formula is C12H8BrClFN3O. The van der Waals surface area contributed by atoms with Crippen molar-refractivity contribution in [1.29, 1.82) is 0 Å². The van der Waals surface area contributed by atoms with E-state index in [-0.39, 0.29) is 16.5 Å². The second-order valence-electron chi connectivity index (χ2n) is 3.75. The largest absolute Gasteiger partial charge is 0.339 e. The number of aromatic nitrogens is 2. The van der Waals surface area contributed by atoms with Crippen LogP contribution in [0.5, 0.6) is 0 Å². The summed E-state index contributed by atoms with van der Waals surface area (Å²) in [6.07, 6.45) is 1.78. The lowest BCUT2D eigenvalue weighted by molar-refractivity contribution is 0.112. The minimum atomic E-state index is -0.416. The van der Waals surface area contributed by atoms with Crippen LogP contribution in [0.4, 0.5) is 15.9 Å². The maximum absolute atomic E-state index is 13.5. The van der Waals surface area contributed by atoms with Crippen LogP contribution >= 0.6 is 27.5 Å². The molecule has 0 bridgehead atoms. The molecule has 0 spiro atoms. The first-order chi connectivity index (χ1) is 9.02. The van der Waals surface area contributed by atoms with Gasteiger partial charge in [0, 0.05) is 5.69 Å². The molecule has 0 fully saturated rings. The van der Waals surface area contributed by atoms with E-state index in [1.165, 1.54) is 12.4 Å². The van der Waals surface area contributed by atoms with Gasteiger partial charge in [-0.15, -0.1) is 0 Å². The molecule has 98 valence electrons. The van der Waals surface area contributed by atoms with E-state index in [1.807, 2.05) is 0 Å². The zero-order chi connectivity index (χ0) is 14.0. The number of hydrogen-bond donors (Lipinski definition) is 1. The van der Waals surface area contributed by atoms with Crippen LogP contribution in [0.1, 0.15) is 15.9 Å². The lowest BCUT2D eigenvalue weighted by atomic mass is 10.2. The number of aryl methyl sites for hydroxylation is 1. The van der Waals surface area contributed by atoms with Crippen molar-refractivity contribution >= 4 is 45.3 Å². The van der Waals surface area contributed by atoms with Gasteiger partial charge in [0.2, 0.25) is 0 Å². The zero-order valence-electron chi connectivity index (χ0n) is 9.75. The fourth-order valence-electron chi connectivity index (χ4n) is 1.49. The number of rotatable bonds is 3. The van der Waals surface area contributed by atoms with E-state index in [9.17, 15) is 9.18 Å². The molecular weight excluding hydrogens is 337 g/mol. The molecule has 0 radical (unpaired) electrons. The average Bonchev–Trinajstić information content (AvgIpc) is 2.36. The Labute approximate surface area is 122 Å². The van der Waals surface area contributed by atoms with Gasteiger partial charge in [0.1, 0.15) is 23.1 Å². The highest BCUT2D eigenvalue weighted by Crippen LogP contribution is 2.28. The van der Waals surface area contributed by atoms with Gasteiger partial charge in [-0.1, -0.05) is 11.6 Å². The Kier molecular flexibility index (Phi) is 4.11. The predicted octanol–water partition coefficient (Wildman–Crippen LogP) is 3.90. The molecule has 0 saturated carbocycles.